The first-order valence-corrected chi connectivity index (χ1v) is 10.1. The van der Waals surface area contributed by atoms with Crippen LogP contribution in [0, 0.1) is 12.3 Å². The summed E-state index contributed by atoms with van der Waals surface area (Å²) in [6, 6.07) is 0. The van der Waals surface area contributed by atoms with Crippen LogP contribution in [0.4, 0.5) is 5.82 Å². The number of phosphoric ester groups is 1. The van der Waals surface area contributed by atoms with E-state index in [0.717, 1.165) is 0 Å². The Labute approximate surface area is 153 Å². The molecule has 0 saturated carbocycles. The van der Waals surface area contributed by atoms with Gasteiger partial charge in [0, 0.05) is 18.2 Å². The monoisotopic (exact) mass is 389 g/mol. The molecule has 10 heteroatoms. The summed E-state index contributed by atoms with van der Waals surface area (Å²) in [6.07, 6.45) is 0.567. The number of nitrogen functional groups attached to an aromatic ring is 1. The van der Waals surface area contributed by atoms with E-state index in [1.165, 1.54) is 4.57 Å². The summed E-state index contributed by atoms with van der Waals surface area (Å²) < 4.78 is 29.5. The van der Waals surface area contributed by atoms with Gasteiger partial charge in [-0.25, -0.2) is 9.36 Å². The van der Waals surface area contributed by atoms with Gasteiger partial charge >= 0.3 is 13.5 Å². The molecule has 148 valence electrons. The molecule has 0 amide bonds. The highest BCUT2D eigenvalue weighted by molar-refractivity contribution is 7.47. The lowest BCUT2D eigenvalue weighted by molar-refractivity contribution is -0.0389. The molecule has 2 unspecified atom stereocenters. The largest absolute Gasteiger partial charge is 0.472 e. The van der Waals surface area contributed by atoms with E-state index in [9.17, 15) is 14.3 Å². The van der Waals surface area contributed by atoms with E-state index >= 15 is 0 Å². The maximum absolute atomic E-state index is 12.2. The molecule has 0 aliphatic carbocycles. The van der Waals surface area contributed by atoms with Gasteiger partial charge in [0.2, 0.25) is 0 Å². The SMILES string of the molecule is CCOP(=O)(O)OC1C[C@H](n2cc(C)c(N)nc2=O)O[C@@H]1CC(C)(C)C. The van der Waals surface area contributed by atoms with Gasteiger partial charge in [-0.05, 0) is 25.7 Å². The van der Waals surface area contributed by atoms with Crippen molar-refractivity contribution in [3.8, 4) is 0 Å². The molecule has 0 radical (unpaired) electrons. The Kier molecular flexibility index (Phi) is 6.30. The zero-order valence-corrected chi connectivity index (χ0v) is 16.7. The predicted molar refractivity (Wildman–Crippen MR) is 96.6 cm³/mol. The summed E-state index contributed by atoms with van der Waals surface area (Å²) >= 11 is 0. The first-order chi connectivity index (χ1) is 11.9. The number of aryl methyl sites for hydroxylation is 1. The van der Waals surface area contributed by atoms with Crippen molar-refractivity contribution in [1.82, 2.24) is 9.55 Å². The van der Waals surface area contributed by atoms with E-state index in [2.05, 4.69) is 4.98 Å². The highest BCUT2D eigenvalue weighted by Crippen LogP contribution is 2.49. The third-order valence-corrected chi connectivity index (χ3v) is 5.16. The maximum Gasteiger partial charge on any atom is 0.472 e. The molecular formula is C16H28N3O6P. The zero-order valence-electron chi connectivity index (χ0n) is 15.8. The van der Waals surface area contributed by atoms with Crippen molar-refractivity contribution in [2.24, 2.45) is 5.41 Å². The van der Waals surface area contributed by atoms with Crippen molar-refractivity contribution in [2.45, 2.75) is 65.9 Å². The number of ether oxygens (including phenoxy) is 1. The minimum Gasteiger partial charge on any atom is -0.383 e. The average molecular weight is 389 g/mol. The Morgan fingerprint density at radius 2 is 2.15 bits per heavy atom. The van der Waals surface area contributed by atoms with Gasteiger partial charge in [0.15, 0.2) is 0 Å². The third kappa shape index (κ3) is 5.37. The lowest BCUT2D eigenvalue weighted by Gasteiger charge is -2.27. The summed E-state index contributed by atoms with van der Waals surface area (Å²) in [5.74, 6) is 0.166. The summed E-state index contributed by atoms with van der Waals surface area (Å²) in [7, 11) is -4.19. The van der Waals surface area contributed by atoms with Crippen LogP contribution in [0.15, 0.2) is 11.0 Å². The Morgan fingerprint density at radius 3 is 2.73 bits per heavy atom. The first kappa shape index (κ1) is 21.1. The fourth-order valence-corrected chi connectivity index (χ4v) is 3.87. The molecule has 1 aromatic heterocycles. The van der Waals surface area contributed by atoms with Crippen LogP contribution in [0.25, 0.3) is 0 Å². The van der Waals surface area contributed by atoms with Gasteiger partial charge in [-0.15, -0.1) is 0 Å². The van der Waals surface area contributed by atoms with Gasteiger partial charge < -0.3 is 15.4 Å². The van der Waals surface area contributed by atoms with Gasteiger partial charge in [0.05, 0.1) is 18.8 Å². The highest BCUT2D eigenvalue weighted by atomic mass is 31.2. The molecular weight excluding hydrogens is 361 g/mol. The van der Waals surface area contributed by atoms with Gasteiger partial charge in [-0.1, -0.05) is 20.8 Å². The number of aromatic nitrogens is 2. The molecule has 1 saturated heterocycles. The molecule has 1 aliphatic heterocycles. The van der Waals surface area contributed by atoms with Crippen LogP contribution in [-0.2, 0) is 18.3 Å². The van der Waals surface area contributed by atoms with Crippen LogP contribution < -0.4 is 11.4 Å². The van der Waals surface area contributed by atoms with Crippen molar-refractivity contribution < 1.29 is 23.2 Å². The summed E-state index contributed by atoms with van der Waals surface area (Å²) in [5.41, 5.74) is 5.67. The average Bonchev–Trinajstić information content (AvgIpc) is 2.82. The molecule has 0 bridgehead atoms. The van der Waals surface area contributed by atoms with E-state index in [4.69, 9.17) is 19.5 Å². The molecule has 1 fully saturated rings. The molecule has 0 spiro atoms. The lowest BCUT2D eigenvalue weighted by atomic mass is 9.87. The van der Waals surface area contributed by atoms with Crippen molar-refractivity contribution in [1.29, 1.82) is 0 Å². The van der Waals surface area contributed by atoms with Crippen molar-refractivity contribution in [3.05, 3.63) is 22.2 Å². The number of nitrogens with two attached hydrogens (primary N) is 1. The second-order valence-electron chi connectivity index (χ2n) is 7.66. The Bertz CT molecular complexity index is 744. The van der Waals surface area contributed by atoms with Gasteiger partial charge in [-0.3, -0.25) is 13.6 Å². The van der Waals surface area contributed by atoms with Crippen molar-refractivity contribution in [2.75, 3.05) is 12.3 Å². The second kappa shape index (κ2) is 7.78. The quantitative estimate of drug-likeness (QED) is 0.710. The van der Waals surface area contributed by atoms with E-state index < -0.39 is 31.9 Å². The van der Waals surface area contributed by atoms with Gasteiger partial charge in [0.1, 0.15) is 12.0 Å². The summed E-state index contributed by atoms with van der Waals surface area (Å²) in [4.78, 5) is 25.8. The maximum atomic E-state index is 12.2. The molecule has 0 aromatic carbocycles. The fourth-order valence-electron chi connectivity index (χ4n) is 2.92. The number of hydrogen-bond acceptors (Lipinski definition) is 7. The molecule has 2 heterocycles. The topological polar surface area (TPSA) is 126 Å². The molecule has 1 aromatic rings. The molecule has 26 heavy (non-hydrogen) atoms. The van der Waals surface area contributed by atoms with Crippen LogP contribution in [0.1, 0.15) is 52.3 Å². The number of hydrogen-bond donors (Lipinski definition) is 2. The Morgan fingerprint density at radius 1 is 1.50 bits per heavy atom. The van der Waals surface area contributed by atoms with Crippen molar-refractivity contribution in [3.63, 3.8) is 0 Å². The molecule has 4 atom stereocenters. The number of rotatable bonds is 6. The Balaban J connectivity index is 2.28. The van der Waals surface area contributed by atoms with Crippen LogP contribution in [0.3, 0.4) is 0 Å². The minimum absolute atomic E-state index is 0.0508. The Hall–Kier alpha value is -1.25. The lowest BCUT2D eigenvalue weighted by Crippen LogP contribution is -2.29. The zero-order chi connectivity index (χ0) is 19.7. The van der Waals surface area contributed by atoms with Gasteiger partial charge in [-0.2, -0.15) is 4.98 Å². The minimum atomic E-state index is -4.19. The molecule has 2 rings (SSSR count). The number of anilines is 1. The van der Waals surface area contributed by atoms with Gasteiger partial charge in [0.25, 0.3) is 0 Å². The molecule has 9 nitrogen and oxygen atoms in total. The normalized spacial score (nSPS) is 26.0. The van der Waals surface area contributed by atoms with E-state index in [1.54, 1.807) is 20.0 Å². The van der Waals surface area contributed by atoms with E-state index in [1.807, 2.05) is 20.8 Å². The predicted octanol–water partition coefficient (Wildman–Crippen LogP) is 2.38. The van der Waals surface area contributed by atoms with E-state index in [-0.39, 0.29) is 24.3 Å². The van der Waals surface area contributed by atoms with E-state index in [0.29, 0.717) is 12.0 Å². The smallest absolute Gasteiger partial charge is 0.383 e. The highest BCUT2D eigenvalue weighted by Gasteiger charge is 2.43. The van der Waals surface area contributed by atoms with Crippen molar-refractivity contribution >= 4 is 13.6 Å². The van der Waals surface area contributed by atoms with Crippen LogP contribution in [0.2, 0.25) is 0 Å². The third-order valence-electron chi connectivity index (χ3n) is 4.04. The molecule has 3 N–H and O–H groups in total. The summed E-state index contributed by atoms with van der Waals surface area (Å²) in [6.45, 7) is 9.49. The van der Waals surface area contributed by atoms with Crippen LogP contribution in [0.5, 0.6) is 0 Å². The first-order valence-electron chi connectivity index (χ1n) is 8.58. The van der Waals surface area contributed by atoms with Crippen LogP contribution in [-0.4, -0.2) is 33.3 Å². The summed E-state index contributed by atoms with van der Waals surface area (Å²) in [5, 5.41) is 0. The second-order valence-corrected chi connectivity index (χ2v) is 9.06. The molecule has 1 aliphatic rings. The number of phosphoric acid groups is 1. The fraction of sp³-hybridized carbons (Fsp3) is 0.750. The standard InChI is InChI=1S/C16H28N3O6P/c1-6-23-26(21,22)25-11-7-13(24-12(11)8-16(3,4)5)19-9-10(2)14(17)18-15(19)20/h9,11-13H,6-8H2,1-5H3,(H,21,22)(H2,17,18,20)/t11?,12-,13-/m1/s1. The number of nitrogens with zero attached hydrogens (tertiary/aromatic N) is 2. The van der Waals surface area contributed by atoms with Crippen LogP contribution >= 0.6 is 7.82 Å².